The van der Waals surface area contributed by atoms with Crippen molar-refractivity contribution in [2.45, 2.75) is 6.92 Å². The van der Waals surface area contributed by atoms with E-state index >= 15 is 0 Å². The molecule has 2 rings (SSSR count). The lowest BCUT2D eigenvalue weighted by atomic mass is 10.2. The van der Waals surface area contributed by atoms with Gasteiger partial charge in [-0.05, 0) is 18.6 Å². The fourth-order valence-corrected chi connectivity index (χ4v) is 1.48. The number of nitrogen functional groups attached to an aromatic ring is 1. The minimum atomic E-state index is -1.05. The third-order valence-electron chi connectivity index (χ3n) is 2.30. The number of hydrogen-bond acceptors (Lipinski definition) is 3. The first kappa shape index (κ1) is 12.2. The maximum atomic E-state index is 13.4. The number of benzene rings is 1. The van der Waals surface area contributed by atoms with Gasteiger partial charge in [0.05, 0.1) is 5.69 Å². The fraction of sp³-hybridized carbons (Fsp3) is 0.0833. The molecular weight excluding hydrogens is 243 g/mol. The Kier molecular flexibility index (Phi) is 3.10. The van der Waals surface area contributed by atoms with Gasteiger partial charge < -0.3 is 11.1 Å². The van der Waals surface area contributed by atoms with Gasteiger partial charge in [0.15, 0.2) is 17.5 Å². The summed E-state index contributed by atoms with van der Waals surface area (Å²) in [5.74, 6) is -2.96. The number of nitrogens with one attached hydrogen (secondary N) is 1. The highest BCUT2D eigenvalue weighted by Crippen LogP contribution is 2.26. The first-order valence-electron chi connectivity index (χ1n) is 5.11. The van der Waals surface area contributed by atoms with Crippen LogP contribution in [0.15, 0.2) is 24.4 Å². The number of nitrogens with zero attached hydrogens (tertiary/aromatic N) is 1. The van der Waals surface area contributed by atoms with Crippen LogP contribution in [0, 0.1) is 24.4 Å². The number of halogens is 3. The number of nitrogens with two attached hydrogens (primary N) is 1. The Bertz CT molecular complexity index is 576. The summed E-state index contributed by atoms with van der Waals surface area (Å²) in [6, 6.07) is 2.76. The molecule has 18 heavy (non-hydrogen) atoms. The average molecular weight is 253 g/mol. The van der Waals surface area contributed by atoms with Crippen molar-refractivity contribution in [3.05, 3.63) is 47.4 Å². The molecule has 0 spiro atoms. The molecule has 0 aliphatic heterocycles. The zero-order chi connectivity index (χ0) is 13.3. The monoisotopic (exact) mass is 253 g/mol. The second-order valence-corrected chi connectivity index (χ2v) is 3.82. The Morgan fingerprint density at radius 2 is 1.72 bits per heavy atom. The van der Waals surface area contributed by atoms with Gasteiger partial charge in [-0.3, -0.25) is 0 Å². The average Bonchev–Trinajstić information content (AvgIpc) is 2.25. The summed E-state index contributed by atoms with van der Waals surface area (Å²) in [5.41, 5.74) is 6.23. The van der Waals surface area contributed by atoms with Gasteiger partial charge in [0.2, 0.25) is 0 Å². The summed E-state index contributed by atoms with van der Waals surface area (Å²) in [6.45, 7) is 1.78. The van der Waals surface area contributed by atoms with Crippen LogP contribution in [0.4, 0.5) is 30.4 Å². The molecule has 0 aliphatic carbocycles. The number of aromatic nitrogens is 1. The molecule has 0 fully saturated rings. The molecule has 94 valence electrons. The molecule has 2 aromatic rings. The third-order valence-corrected chi connectivity index (χ3v) is 2.30. The number of rotatable bonds is 2. The van der Waals surface area contributed by atoms with E-state index in [2.05, 4.69) is 10.3 Å². The summed E-state index contributed by atoms with van der Waals surface area (Å²) in [7, 11) is 0. The van der Waals surface area contributed by atoms with Crippen LogP contribution in [0.3, 0.4) is 0 Å². The summed E-state index contributed by atoms with van der Waals surface area (Å²) >= 11 is 0. The largest absolute Gasteiger partial charge is 0.396 e. The second kappa shape index (κ2) is 4.56. The van der Waals surface area contributed by atoms with Crippen molar-refractivity contribution < 1.29 is 13.2 Å². The summed E-state index contributed by atoms with van der Waals surface area (Å²) in [5, 5.41) is 2.41. The number of pyridine rings is 1. The van der Waals surface area contributed by atoms with Crippen LogP contribution < -0.4 is 11.1 Å². The molecule has 0 bridgehead atoms. The van der Waals surface area contributed by atoms with Gasteiger partial charge in [-0.2, -0.15) is 0 Å². The highest BCUT2D eigenvalue weighted by molar-refractivity contribution is 5.69. The van der Waals surface area contributed by atoms with Crippen molar-refractivity contribution >= 4 is 17.2 Å². The predicted molar refractivity (Wildman–Crippen MR) is 63.0 cm³/mol. The van der Waals surface area contributed by atoms with E-state index in [-0.39, 0.29) is 11.5 Å². The molecule has 0 amide bonds. The summed E-state index contributed by atoms with van der Waals surface area (Å²) in [6.07, 6.45) is 1.50. The minimum absolute atomic E-state index is 0.116. The van der Waals surface area contributed by atoms with E-state index in [0.29, 0.717) is 12.1 Å². The van der Waals surface area contributed by atoms with Crippen molar-refractivity contribution in [2.75, 3.05) is 11.1 Å². The molecule has 0 aliphatic rings. The normalized spacial score (nSPS) is 10.4. The van der Waals surface area contributed by atoms with Crippen LogP contribution in [-0.2, 0) is 0 Å². The Balaban J connectivity index is 2.40. The van der Waals surface area contributed by atoms with Crippen molar-refractivity contribution in [3.8, 4) is 0 Å². The zero-order valence-electron chi connectivity index (χ0n) is 9.47. The van der Waals surface area contributed by atoms with Gasteiger partial charge in [0, 0.05) is 18.3 Å². The first-order valence-corrected chi connectivity index (χ1v) is 5.11. The van der Waals surface area contributed by atoms with E-state index in [1.54, 1.807) is 13.0 Å². The zero-order valence-corrected chi connectivity index (χ0v) is 9.47. The molecule has 1 aromatic carbocycles. The van der Waals surface area contributed by atoms with Gasteiger partial charge in [-0.25, -0.2) is 18.2 Å². The van der Waals surface area contributed by atoms with Crippen LogP contribution in [-0.4, -0.2) is 4.98 Å². The molecule has 3 nitrogen and oxygen atoms in total. The highest BCUT2D eigenvalue weighted by Gasteiger charge is 2.13. The van der Waals surface area contributed by atoms with Gasteiger partial charge in [-0.15, -0.1) is 0 Å². The molecule has 6 heteroatoms. The van der Waals surface area contributed by atoms with Crippen LogP contribution in [0.25, 0.3) is 0 Å². The molecule has 0 radical (unpaired) electrons. The maximum absolute atomic E-state index is 13.4. The van der Waals surface area contributed by atoms with Crippen molar-refractivity contribution in [1.82, 2.24) is 4.98 Å². The van der Waals surface area contributed by atoms with Crippen molar-refractivity contribution in [2.24, 2.45) is 0 Å². The first-order chi connectivity index (χ1) is 8.47. The van der Waals surface area contributed by atoms with E-state index in [1.807, 2.05) is 0 Å². The predicted octanol–water partition coefficient (Wildman–Crippen LogP) is 3.13. The SMILES string of the molecule is Cc1cnc(Nc2c(F)cc(F)cc2F)c(N)c1. The lowest BCUT2D eigenvalue weighted by Gasteiger charge is -2.10. The molecule has 0 saturated heterocycles. The summed E-state index contributed by atoms with van der Waals surface area (Å²) in [4.78, 5) is 3.91. The van der Waals surface area contributed by atoms with Crippen molar-refractivity contribution in [1.29, 1.82) is 0 Å². The lowest BCUT2D eigenvalue weighted by molar-refractivity contribution is 0.549. The maximum Gasteiger partial charge on any atom is 0.153 e. The second-order valence-electron chi connectivity index (χ2n) is 3.82. The minimum Gasteiger partial charge on any atom is -0.396 e. The molecular formula is C12H10F3N3. The molecule has 0 atom stereocenters. The van der Waals surface area contributed by atoms with E-state index in [0.717, 1.165) is 5.56 Å². The van der Waals surface area contributed by atoms with E-state index < -0.39 is 23.1 Å². The van der Waals surface area contributed by atoms with E-state index in [9.17, 15) is 13.2 Å². The molecule has 1 heterocycles. The van der Waals surface area contributed by atoms with Crippen LogP contribution in [0.5, 0.6) is 0 Å². The van der Waals surface area contributed by atoms with Crippen LogP contribution in [0.1, 0.15) is 5.56 Å². The topological polar surface area (TPSA) is 50.9 Å². The number of hydrogen-bond donors (Lipinski definition) is 2. The Labute approximate surface area is 101 Å². The third kappa shape index (κ3) is 2.37. The fourth-order valence-electron chi connectivity index (χ4n) is 1.48. The van der Waals surface area contributed by atoms with Crippen molar-refractivity contribution in [3.63, 3.8) is 0 Å². The lowest BCUT2D eigenvalue weighted by Crippen LogP contribution is -2.03. The molecule has 0 saturated carbocycles. The molecule has 1 aromatic heterocycles. The van der Waals surface area contributed by atoms with Crippen LogP contribution in [0.2, 0.25) is 0 Å². The van der Waals surface area contributed by atoms with E-state index in [4.69, 9.17) is 5.73 Å². The highest BCUT2D eigenvalue weighted by atomic mass is 19.1. The van der Waals surface area contributed by atoms with Gasteiger partial charge >= 0.3 is 0 Å². The Morgan fingerprint density at radius 1 is 1.11 bits per heavy atom. The number of anilines is 3. The Hall–Kier alpha value is -2.24. The van der Waals surface area contributed by atoms with E-state index in [1.165, 1.54) is 6.20 Å². The van der Waals surface area contributed by atoms with Crippen LogP contribution >= 0.6 is 0 Å². The molecule has 3 N–H and O–H groups in total. The smallest absolute Gasteiger partial charge is 0.153 e. The summed E-state index contributed by atoms with van der Waals surface area (Å²) < 4.78 is 39.5. The van der Waals surface area contributed by atoms with Gasteiger partial charge in [0.1, 0.15) is 11.5 Å². The molecule has 0 unspecified atom stereocenters. The van der Waals surface area contributed by atoms with Gasteiger partial charge in [-0.1, -0.05) is 0 Å². The quantitative estimate of drug-likeness (QED) is 0.864. The number of aryl methyl sites for hydroxylation is 1. The van der Waals surface area contributed by atoms with Gasteiger partial charge in [0.25, 0.3) is 0 Å². The standard InChI is InChI=1S/C12H10F3N3/c1-6-2-10(16)12(17-5-6)18-11-8(14)3-7(13)4-9(11)15/h2-5H,16H2,1H3,(H,17,18). The Morgan fingerprint density at radius 3 is 2.28 bits per heavy atom.